The van der Waals surface area contributed by atoms with Crippen LogP contribution in [0.5, 0.6) is 17.2 Å². The number of fused-ring (bicyclic) bond motifs is 2. The topological polar surface area (TPSA) is 69.3 Å². The molecule has 0 fully saturated rings. The molecule has 3 heterocycles. The maximum atomic E-state index is 5.97. The van der Waals surface area contributed by atoms with Gasteiger partial charge in [0, 0.05) is 6.20 Å². The van der Waals surface area contributed by atoms with Gasteiger partial charge < -0.3 is 19.2 Å². The van der Waals surface area contributed by atoms with Crippen LogP contribution in [-0.2, 0) is 0 Å². The fourth-order valence-corrected chi connectivity index (χ4v) is 2.69. The van der Waals surface area contributed by atoms with Crippen molar-refractivity contribution in [1.82, 2.24) is 15.0 Å². The molecule has 118 valence electrons. The summed E-state index contributed by atoms with van der Waals surface area (Å²) in [5.41, 5.74) is 3.28. The quantitative estimate of drug-likeness (QED) is 0.730. The molecule has 3 aromatic rings. The summed E-state index contributed by atoms with van der Waals surface area (Å²) >= 11 is 0. The molecular weight excluding hydrogens is 294 g/mol. The highest BCUT2D eigenvalue weighted by atomic mass is 16.7. The molecule has 0 saturated carbocycles. The number of nitrogens with one attached hydrogen (secondary N) is 1. The second-order valence-electron chi connectivity index (χ2n) is 5.33. The molecule has 23 heavy (non-hydrogen) atoms. The number of H-pyrrole nitrogens is 1. The van der Waals surface area contributed by atoms with E-state index in [0.717, 1.165) is 40.9 Å². The number of nitrogens with zero attached hydrogens (tertiary/aromatic N) is 2. The van der Waals surface area contributed by atoms with E-state index >= 15 is 0 Å². The van der Waals surface area contributed by atoms with Crippen molar-refractivity contribution in [3.63, 3.8) is 0 Å². The number of unbranched alkanes of at least 4 members (excludes halogenated alkanes) is 1. The van der Waals surface area contributed by atoms with Crippen LogP contribution in [0.25, 0.3) is 22.3 Å². The van der Waals surface area contributed by atoms with Crippen LogP contribution in [0, 0.1) is 0 Å². The molecule has 6 heteroatoms. The number of aromatic nitrogens is 3. The van der Waals surface area contributed by atoms with Crippen molar-refractivity contribution in [2.45, 2.75) is 19.8 Å². The van der Waals surface area contributed by atoms with Crippen LogP contribution in [0.15, 0.2) is 30.7 Å². The Hall–Kier alpha value is -2.76. The number of hydrogen-bond acceptors (Lipinski definition) is 5. The van der Waals surface area contributed by atoms with Crippen LogP contribution in [-0.4, -0.2) is 28.4 Å². The summed E-state index contributed by atoms with van der Waals surface area (Å²) in [6.07, 6.45) is 5.47. The van der Waals surface area contributed by atoms with E-state index in [9.17, 15) is 0 Å². The maximum absolute atomic E-state index is 5.97. The number of rotatable bonds is 5. The number of ether oxygens (including phenoxy) is 3. The first kappa shape index (κ1) is 13.9. The highest BCUT2D eigenvalue weighted by Gasteiger charge is 2.25. The van der Waals surface area contributed by atoms with Crippen molar-refractivity contribution in [2.75, 3.05) is 13.4 Å². The van der Waals surface area contributed by atoms with Gasteiger partial charge in [0.05, 0.1) is 23.2 Å². The lowest BCUT2D eigenvalue weighted by atomic mass is 10.1. The van der Waals surface area contributed by atoms with Gasteiger partial charge in [-0.3, -0.25) is 0 Å². The second-order valence-corrected chi connectivity index (χ2v) is 5.33. The zero-order chi connectivity index (χ0) is 15.6. The molecule has 0 aliphatic carbocycles. The second kappa shape index (κ2) is 5.79. The summed E-state index contributed by atoms with van der Waals surface area (Å²) in [5.74, 6) is 2.13. The summed E-state index contributed by atoms with van der Waals surface area (Å²) in [5, 5.41) is 0. The van der Waals surface area contributed by atoms with E-state index in [2.05, 4.69) is 21.9 Å². The molecule has 0 bridgehead atoms. The lowest BCUT2D eigenvalue weighted by Gasteiger charge is -2.13. The van der Waals surface area contributed by atoms with E-state index in [4.69, 9.17) is 14.2 Å². The first-order valence-corrected chi connectivity index (χ1v) is 7.72. The van der Waals surface area contributed by atoms with E-state index < -0.39 is 0 Å². The van der Waals surface area contributed by atoms with Gasteiger partial charge in [-0.2, -0.15) is 0 Å². The standard InChI is InChI=1S/C17H17N3O3/c1-2-3-8-21-12-4-5-13-17(23-10-22-13)14(12)16-15-11(6-7-18-15)19-9-20-16/h4-7,9,18H,2-3,8,10H2,1H3. The van der Waals surface area contributed by atoms with Gasteiger partial charge in [-0.1, -0.05) is 13.3 Å². The predicted octanol–water partition coefficient (Wildman–Crippen LogP) is 3.53. The van der Waals surface area contributed by atoms with Crippen molar-refractivity contribution < 1.29 is 14.2 Å². The van der Waals surface area contributed by atoms with Gasteiger partial charge in [-0.25, -0.2) is 9.97 Å². The summed E-state index contributed by atoms with van der Waals surface area (Å²) in [6, 6.07) is 5.70. The van der Waals surface area contributed by atoms with Crippen LogP contribution in [0.1, 0.15) is 19.8 Å². The Kier molecular flexibility index (Phi) is 3.49. The zero-order valence-electron chi connectivity index (χ0n) is 12.8. The summed E-state index contributed by atoms with van der Waals surface area (Å²) in [6.45, 7) is 3.00. The molecule has 0 spiro atoms. The van der Waals surface area contributed by atoms with Crippen LogP contribution >= 0.6 is 0 Å². The number of benzene rings is 1. The highest BCUT2D eigenvalue weighted by Crippen LogP contribution is 2.47. The molecule has 0 amide bonds. The lowest BCUT2D eigenvalue weighted by Crippen LogP contribution is -2.00. The fraction of sp³-hybridized carbons (Fsp3) is 0.294. The molecule has 0 radical (unpaired) electrons. The Morgan fingerprint density at radius 1 is 1.22 bits per heavy atom. The van der Waals surface area contributed by atoms with Crippen molar-refractivity contribution in [3.05, 3.63) is 30.7 Å². The molecule has 1 aliphatic rings. The number of aromatic amines is 1. The maximum Gasteiger partial charge on any atom is 0.231 e. The average molecular weight is 311 g/mol. The van der Waals surface area contributed by atoms with Gasteiger partial charge in [0.2, 0.25) is 6.79 Å². The van der Waals surface area contributed by atoms with Gasteiger partial charge in [0.25, 0.3) is 0 Å². The first-order valence-electron chi connectivity index (χ1n) is 7.72. The molecule has 0 unspecified atom stereocenters. The predicted molar refractivity (Wildman–Crippen MR) is 85.9 cm³/mol. The Balaban J connectivity index is 1.88. The average Bonchev–Trinajstić information content (AvgIpc) is 3.23. The van der Waals surface area contributed by atoms with Crippen LogP contribution in [0.2, 0.25) is 0 Å². The van der Waals surface area contributed by atoms with E-state index in [1.165, 1.54) is 0 Å². The van der Waals surface area contributed by atoms with Crippen LogP contribution in [0.3, 0.4) is 0 Å². The van der Waals surface area contributed by atoms with E-state index in [1.807, 2.05) is 24.4 Å². The van der Waals surface area contributed by atoms with E-state index in [-0.39, 0.29) is 6.79 Å². The van der Waals surface area contributed by atoms with E-state index in [0.29, 0.717) is 18.1 Å². The Labute approximate surface area is 133 Å². The summed E-state index contributed by atoms with van der Waals surface area (Å²) in [7, 11) is 0. The van der Waals surface area contributed by atoms with Gasteiger partial charge in [0.1, 0.15) is 17.8 Å². The molecule has 0 atom stereocenters. The van der Waals surface area contributed by atoms with Gasteiger partial charge in [-0.15, -0.1) is 0 Å². The molecule has 6 nitrogen and oxygen atoms in total. The minimum Gasteiger partial charge on any atom is -0.493 e. The number of hydrogen-bond donors (Lipinski definition) is 1. The molecule has 1 aliphatic heterocycles. The Morgan fingerprint density at radius 3 is 3.09 bits per heavy atom. The third-order valence-electron chi connectivity index (χ3n) is 3.84. The van der Waals surface area contributed by atoms with Gasteiger partial charge in [0.15, 0.2) is 11.5 Å². The molecule has 1 N–H and O–H groups in total. The van der Waals surface area contributed by atoms with Gasteiger partial charge in [-0.05, 0) is 24.6 Å². The molecule has 2 aromatic heterocycles. The molecule has 4 rings (SSSR count). The van der Waals surface area contributed by atoms with E-state index in [1.54, 1.807) is 6.33 Å². The third kappa shape index (κ3) is 2.36. The lowest BCUT2D eigenvalue weighted by molar-refractivity contribution is 0.174. The Morgan fingerprint density at radius 2 is 2.17 bits per heavy atom. The highest BCUT2D eigenvalue weighted by molar-refractivity contribution is 5.94. The van der Waals surface area contributed by atoms with Gasteiger partial charge >= 0.3 is 0 Å². The fourth-order valence-electron chi connectivity index (χ4n) is 2.69. The molecule has 1 aromatic carbocycles. The zero-order valence-corrected chi connectivity index (χ0v) is 12.8. The monoisotopic (exact) mass is 311 g/mol. The summed E-state index contributed by atoms with van der Waals surface area (Å²) < 4.78 is 17.2. The summed E-state index contributed by atoms with van der Waals surface area (Å²) in [4.78, 5) is 11.9. The smallest absolute Gasteiger partial charge is 0.231 e. The van der Waals surface area contributed by atoms with Crippen LogP contribution in [0.4, 0.5) is 0 Å². The normalized spacial score (nSPS) is 12.7. The minimum atomic E-state index is 0.208. The minimum absolute atomic E-state index is 0.208. The molecule has 0 saturated heterocycles. The van der Waals surface area contributed by atoms with Crippen molar-refractivity contribution in [2.24, 2.45) is 0 Å². The van der Waals surface area contributed by atoms with Crippen LogP contribution < -0.4 is 14.2 Å². The van der Waals surface area contributed by atoms with Crippen molar-refractivity contribution >= 4 is 11.0 Å². The van der Waals surface area contributed by atoms with Crippen molar-refractivity contribution in [3.8, 4) is 28.5 Å². The van der Waals surface area contributed by atoms with Crippen molar-refractivity contribution in [1.29, 1.82) is 0 Å². The Bertz CT molecular complexity index is 844. The third-order valence-corrected chi connectivity index (χ3v) is 3.84. The SMILES string of the molecule is CCCCOc1ccc2c(c1-c1ncnc3cc[nH]c13)OCO2. The molecular formula is C17H17N3O3. The first-order chi connectivity index (χ1) is 11.4. The largest absolute Gasteiger partial charge is 0.493 e.